The van der Waals surface area contributed by atoms with E-state index in [1.807, 2.05) is 18.4 Å². The van der Waals surface area contributed by atoms with Crippen molar-refractivity contribution in [3.05, 3.63) is 21.9 Å². The zero-order valence-electron chi connectivity index (χ0n) is 9.63. The van der Waals surface area contributed by atoms with Gasteiger partial charge >= 0.3 is 0 Å². The summed E-state index contributed by atoms with van der Waals surface area (Å²) in [6.07, 6.45) is 1.28. The van der Waals surface area contributed by atoms with Crippen LogP contribution in [0, 0.1) is 12.8 Å². The first-order valence-corrected chi connectivity index (χ1v) is 6.21. The van der Waals surface area contributed by atoms with Gasteiger partial charge in [-0.05, 0) is 43.3 Å². The average Bonchev–Trinajstić information content (AvgIpc) is 2.50. The summed E-state index contributed by atoms with van der Waals surface area (Å²) in [6, 6.07) is 2.23. The minimum atomic E-state index is 0.694. The molecule has 0 saturated carbocycles. The zero-order valence-corrected chi connectivity index (χ0v) is 10.4. The highest BCUT2D eigenvalue weighted by Crippen LogP contribution is 2.30. The molecule has 2 heteroatoms. The number of nitrogens with one attached hydrogen (secondary N) is 1. The highest BCUT2D eigenvalue weighted by Gasteiger charge is 2.15. The lowest BCUT2D eigenvalue weighted by atomic mass is 9.94. The largest absolute Gasteiger partial charge is 0.319 e. The molecule has 1 atom stereocenters. The van der Waals surface area contributed by atoms with E-state index in [9.17, 15) is 0 Å². The predicted molar refractivity (Wildman–Crippen MR) is 65.2 cm³/mol. The van der Waals surface area contributed by atoms with Crippen LogP contribution >= 0.6 is 11.3 Å². The normalized spacial score (nSPS) is 13.5. The molecule has 1 aromatic heterocycles. The van der Waals surface area contributed by atoms with Crippen LogP contribution in [0.2, 0.25) is 0 Å². The van der Waals surface area contributed by atoms with Gasteiger partial charge in [-0.25, -0.2) is 0 Å². The summed E-state index contributed by atoms with van der Waals surface area (Å²) in [5.41, 5.74) is 1.45. The molecule has 1 aromatic rings. The molecule has 80 valence electrons. The Kier molecular flexibility index (Phi) is 4.63. The van der Waals surface area contributed by atoms with E-state index in [0.717, 1.165) is 12.5 Å². The summed E-state index contributed by atoms with van der Waals surface area (Å²) in [5, 5.41) is 5.50. The summed E-state index contributed by atoms with van der Waals surface area (Å²) in [4.78, 5) is 1.56. The van der Waals surface area contributed by atoms with Gasteiger partial charge in [-0.2, -0.15) is 0 Å². The summed E-state index contributed by atoms with van der Waals surface area (Å²) in [6.45, 7) is 7.91. The monoisotopic (exact) mass is 211 g/mol. The molecule has 1 unspecified atom stereocenters. The maximum Gasteiger partial charge on any atom is 0.0118 e. The topological polar surface area (TPSA) is 12.0 Å². The fourth-order valence-corrected chi connectivity index (χ4v) is 2.95. The number of rotatable bonds is 5. The number of hydrogen-bond acceptors (Lipinski definition) is 2. The van der Waals surface area contributed by atoms with Crippen LogP contribution in [0.25, 0.3) is 0 Å². The lowest BCUT2D eigenvalue weighted by molar-refractivity contribution is 0.487. The summed E-state index contributed by atoms with van der Waals surface area (Å²) < 4.78 is 0. The molecule has 0 aliphatic rings. The van der Waals surface area contributed by atoms with Crippen LogP contribution < -0.4 is 5.32 Å². The van der Waals surface area contributed by atoms with Gasteiger partial charge in [0.2, 0.25) is 0 Å². The third-order valence-electron chi connectivity index (χ3n) is 2.48. The van der Waals surface area contributed by atoms with Gasteiger partial charge in [0, 0.05) is 17.3 Å². The Hall–Kier alpha value is -0.340. The molecule has 1 heterocycles. The first-order valence-electron chi connectivity index (χ1n) is 5.33. The minimum Gasteiger partial charge on any atom is -0.319 e. The molecule has 0 fully saturated rings. The van der Waals surface area contributed by atoms with E-state index in [0.29, 0.717) is 5.92 Å². The molecule has 0 spiro atoms. The SMILES string of the molecule is CNCC(CC(C)C)c1sccc1C. The highest BCUT2D eigenvalue weighted by molar-refractivity contribution is 7.10. The van der Waals surface area contributed by atoms with E-state index >= 15 is 0 Å². The number of thiophene rings is 1. The Labute approximate surface area is 91.5 Å². The standard InChI is InChI=1S/C12H21NS/c1-9(2)7-11(8-13-4)12-10(3)5-6-14-12/h5-6,9,11,13H,7-8H2,1-4H3. The summed E-state index contributed by atoms with van der Waals surface area (Å²) >= 11 is 1.90. The second-order valence-electron chi connectivity index (χ2n) is 4.35. The maximum atomic E-state index is 3.30. The Morgan fingerprint density at radius 2 is 2.14 bits per heavy atom. The van der Waals surface area contributed by atoms with Gasteiger partial charge in [0.1, 0.15) is 0 Å². The van der Waals surface area contributed by atoms with Crippen LogP contribution in [-0.4, -0.2) is 13.6 Å². The first kappa shape index (κ1) is 11.7. The second kappa shape index (κ2) is 5.52. The van der Waals surface area contributed by atoms with Crippen molar-refractivity contribution in [3.8, 4) is 0 Å². The van der Waals surface area contributed by atoms with E-state index in [2.05, 4.69) is 37.5 Å². The second-order valence-corrected chi connectivity index (χ2v) is 5.30. The number of hydrogen-bond donors (Lipinski definition) is 1. The van der Waals surface area contributed by atoms with E-state index in [4.69, 9.17) is 0 Å². The van der Waals surface area contributed by atoms with Gasteiger partial charge in [-0.1, -0.05) is 13.8 Å². The van der Waals surface area contributed by atoms with Crippen LogP contribution in [0.1, 0.15) is 36.6 Å². The number of likely N-dealkylation sites (N-methyl/N-ethyl adjacent to an activating group) is 1. The molecule has 0 aliphatic heterocycles. The fourth-order valence-electron chi connectivity index (χ4n) is 1.90. The van der Waals surface area contributed by atoms with Crippen molar-refractivity contribution in [3.63, 3.8) is 0 Å². The molecule has 1 nitrogen and oxygen atoms in total. The smallest absolute Gasteiger partial charge is 0.0118 e. The molecule has 0 aliphatic carbocycles. The third kappa shape index (κ3) is 3.10. The van der Waals surface area contributed by atoms with Gasteiger partial charge in [0.05, 0.1) is 0 Å². The van der Waals surface area contributed by atoms with Gasteiger partial charge < -0.3 is 5.32 Å². The first-order chi connectivity index (χ1) is 6.65. The van der Waals surface area contributed by atoms with Crippen LogP contribution in [-0.2, 0) is 0 Å². The summed E-state index contributed by atoms with van der Waals surface area (Å²) in [7, 11) is 2.04. The van der Waals surface area contributed by atoms with Gasteiger partial charge in [-0.15, -0.1) is 11.3 Å². The van der Waals surface area contributed by atoms with Crippen LogP contribution in [0.4, 0.5) is 0 Å². The Morgan fingerprint density at radius 3 is 2.57 bits per heavy atom. The molecule has 1 rings (SSSR count). The Bertz CT molecular complexity index is 265. The molecule has 0 bridgehead atoms. The van der Waals surface area contributed by atoms with E-state index in [1.54, 1.807) is 4.88 Å². The van der Waals surface area contributed by atoms with Gasteiger partial charge in [0.25, 0.3) is 0 Å². The molecule has 0 aromatic carbocycles. The van der Waals surface area contributed by atoms with Crippen LogP contribution in [0.15, 0.2) is 11.4 Å². The van der Waals surface area contributed by atoms with Crippen LogP contribution in [0.3, 0.4) is 0 Å². The van der Waals surface area contributed by atoms with Crippen molar-refractivity contribution < 1.29 is 0 Å². The third-order valence-corrected chi connectivity index (χ3v) is 3.66. The predicted octanol–water partition coefficient (Wildman–Crippen LogP) is 3.41. The molecular weight excluding hydrogens is 190 g/mol. The zero-order chi connectivity index (χ0) is 10.6. The van der Waals surface area contributed by atoms with Crippen molar-refractivity contribution in [2.24, 2.45) is 5.92 Å². The summed E-state index contributed by atoms with van der Waals surface area (Å²) in [5.74, 6) is 1.47. The molecule has 0 radical (unpaired) electrons. The number of aryl methyl sites for hydroxylation is 1. The Balaban J connectivity index is 2.72. The maximum absolute atomic E-state index is 3.30. The van der Waals surface area contributed by atoms with Crippen LogP contribution in [0.5, 0.6) is 0 Å². The fraction of sp³-hybridized carbons (Fsp3) is 0.667. The van der Waals surface area contributed by atoms with Crippen molar-refractivity contribution in [1.82, 2.24) is 5.32 Å². The molecular formula is C12H21NS. The average molecular weight is 211 g/mol. The molecule has 0 amide bonds. The minimum absolute atomic E-state index is 0.694. The van der Waals surface area contributed by atoms with E-state index in [1.165, 1.54) is 12.0 Å². The van der Waals surface area contributed by atoms with Gasteiger partial charge in [0.15, 0.2) is 0 Å². The quantitative estimate of drug-likeness (QED) is 0.787. The Morgan fingerprint density at radius 1 is 1.43 bits per heavy atom. The molecule has 14 heavy (non-hydrogen) atoms. The lowest BCUT2D eigenvalue weighted by Gasteiger charge is -2.18. The van der Waals surface area contributed by atoms with Crippen molar-refractivity contribution in [2.45, 2.75) is 33.1 Å². The van der Waals surface area contributed by atoms with Crippen molar-refractivity contribution in [1.29, 1.82) is 0 Å². The molecule has 0 saturated heterocycles. The van der Waals surface area contributed by atoms with E-state index in [-0.39, 0.29) is 0 Å². The lowest BCUT2D eigenvalue weighted by Crippen LogP contribution is -2.18. The van der Waals surface area contributed by atoms with Crippen molar-refractivity contribution in [2.75, 3.05) is 13.6 Å². The van der Waals surface area contributed by atoms with Crippen molar-refractivity contribution >= 4 is 11.3 Å². The van der Waals surface area contributed by atoms with E-state index < -0.39 is 0 Å². The highest BCUT2D eigenvalue weighted by atomic mass is 32.1. The molecule has 1 N–H and O–H groups in total. The van der Waals surface area contributed by atoms with Gasteiger partial charge in [-0.3, -0.25) is 0 Å².